The molecule has 3 rings (SSSR count). The van der Waals surface area contributed by atoms with Crippen molar-refractivity contribution in [3.63, 3.8) is 0 Å². The van der Waals surface area contributed by atoms with E-state index in [1.807, 2.05) is 17.8 Å². The van der Waals surface area contributed by atoms with E-state index in [9.17, 15) is 13.2 Å². The number of rotatable bonds is 3. The molecule has 130 valence electrons. The monoisotopic (exact) mass is 331 g/mol. The number of halogens is 3. The standard InChI is InChI=1S/C16H24F3N3O/c1-22-10-20-9-14(22)15-8-13(6-7-23-15)21-12-4-2-11(3-5-12)16(17,18)19/h9-13,15,21H,2-8H2,1H3/t11?,12?,13-,15-/m0/s1. The van der Waals surface area contributed by atoms with Gasteiger partial charge in [-0.15, -0.1) is 0 Å². The number of aryl methyl sites for hydroxylation is 1. The summed E-state index contributed by atoms with van der Waals surface area (Å²) in [7, 11) is 1.95. The molecule has 0 unspecified atom stereocenters. The van der Waals surface area contributed by atoms with Crippen molar-refractivity contribution in [1.29, 1.82) is 0 Å². The third kappa shape index (κ3) is 4.07. The fraction of sp³-hybridized carbons (Fsp3) is 0.812. The summed E-state index contributed by atoms with van der Waals surface area (Å²) in [6.07, 6.45) is 3.03. The van der Waals surface area contributed by atoms with Crippen LogP contribution in [0, 0.1) is 5.92 Å². The molecule has 1 aliphatic heterocycles. The molecule has 23 heavy (non-hydrogen) atoms. The molecule has 0 amide bonds. The van der Waals surface area contributed by atoms with Crippen LogP contribution in [-0.2, 0) is 11.8 Å². The van der Waals surface area contributed by atoms with Gasteiger partial charge in [0.05, 0.1) is 24.1 Å². The molecule has 1 saturated heterocycles. The molecule has 0 radical (unpaired) electrons. The second kappa shape index (κ2) is 6.81. The number of hydrogen-bond donors (Lipinski definition) is 1. The highest BCUT2D eigenvalue weighted by Gasteiger charge is 2.41. The topological polar surface area (TPSA) is 39.1 Å². The molecule has 2 atom stereocenters. The summed E-state index contributed by atoms with van der Waals surface area (Å²) in [5.41, 5.74) is 1.05. The third-order valence-corrected chi connectivity index (χ3v) is 5.13. The van der Waals surface area contributed by atoms with Crippen molar-refractivity contribution < 1.29 is 17.9 Å². The molecule has 1 aromatic heterocycles. The van der Waals surface area contributed by atoms with Crippen LogP contribution >= 0.6 is 0 Å². The average molecular weight is 331 g/mol. The van der Waals surface area contributed by atoms with Gasteiger partial charge in [-0.3, -0.25) is 0 Å². The summed E-state index contributed by atoms with van der Waals surface area (Å²) in [5, 5.41) is 3.56. The quantitative estimate of drug-likeness (QED) is 0.923. The van der Waals surface area contributed by atoms with Crippen LogP contribution in [0.15, 0.2) is 12.5 Å². The molecule has 1 N–H and O–H groups in total. The molecule has 2 aliphatic rings. The van der Waals surface area contributed by atoms with E-state index < -0.39 is 12.1 Å². The highest BCUT2D eigenvalue weighted by molar-refractivity contribution is 5.04. The van der Waals surface area contributed by atoms with Gasteiger partial charge in [-0.1, -0.05) is 0 Å². The Balaban J connectivity index is 1.50. The van der Waals surface area contributed by atoms with Crippen LogP contribution in [0.5, 0.6) is 0 Å². The van der Waals surface area contributed by atoms with Crippen LogP contribution in [0.25, 0.3) is 0 Å². The van der Waals surface area contributed by atoms with Gasteiger partial charge in [0.2, 0.25) is 0 Å². The first kappa shape index (κ1) is 16.8. The van der Waals surface area contributed by atoms with E-state index in [0.717, 1.165) is 18.5 Å². The Morgan fingerprint density at radius 2 is 1.91 bits per heavy atom. The molecule has 2 fully saturated rings. The van der Waals surface area contributed by atoms with Gasteiger partial charge in [-0.05, 0) is 38.5 Å². The van der Waals surface area contributed by atoms with E-state index in [-0.39, 0.29) is 25.0 Å². The second-order valence-electron chi connectivity index (χ2n) is 6.77. The van der Waals surface area contributed by atoms with E-state index >= 15 is 0 Å². The van der Waals surface area contributed by atoms with Gasteiger partial charge in [-0.2, -0.15) is 13.2 Å². The molecule has 0 spiro atoms. The normalized spacial score (nSPS) is 32.9. The smallest absolute Gasteiger partial charge is 0.372 e. The number of hydrogen-bond acceptors (Lipinski definition) is 3. The van der Waals surface area contributed by atoms with Crippen LogP contribution in [0.2, 0.25) is 0 Å². The summed E-state index contributed by atoms with van der Waals surface area (Å²) < 4.78 is 46.0. The van der Waals surface area contributed by atoms with Gasteiger partial charge < -0.3 is 14.6 Å². The molecule has 1 aromatic rings. The maximum atomic E-state index is 12.7. The predicted octanol–water partition coefficient (Wildman–Crippen LogP) is 3.35. The van der Waals surface area contributed by atoms with Gasteiger partial charge in [0.15, 0.2) is 0 Å². The minimum atomic E-state index is -4.03. The van der Waals surface area contributed by atoms with Gasteiger partial charge in [-0.25, -0.2) is 4.98 Å². The van der Waals surface area contributed by atoms with Crippen molar-refractivity contribution in [2.24, 2.45) is 13.0 Å². The zero-order chi connectivity index (χ0) is 16.4. The van der Waals surface area contributed by atoms with E-state index in [2.05, 4.69) is 10.3 Å². The molecular formula is C16H24F3N3O. The van der Waals surface area contributed by atoms with Gasteiger partial charge in [0.25, 0.3) is 0 Å². The van der Waals surface area contributed by atoms with Gasteiger partial charge >= 0.3 is 6.18 Å². The predicted molar refractivity (Wildman–Crippen MR) is 79.9 cm³/mol. The maximum Gasteiger partial charge on any atom is 0.391 e. The molecule has 1 aliphatic carbocycles. The third-order valence-electron chi connectivity index (χ3n) is 5.13. The molecule has 0 bridgehead atoms. The summed E-state index contributed by atoms with van der Waals surface area (Å²) in [6.45, 7) is 0.672. The number of ether oxygens (including phenoxy) is 1. The van der Waals surface area contributed by atoms with Crippen LogP contribution in [-0.4, -0.2) is 34.4 Å². The molecule has 2 heterocycles. The van der Waals surface area contributed by atoms with E-state index in [0.29, 0.717) is 25.5 Å². The highest BCUT2D eigenvalue weighted by atomic mass is 19.4. The number of nitrogens with zero attached hydrogens (tertiary/aromatic N) is 2. The zero-order valence-electron chi connectivity index (χ0n) is 13.4. The van der Waals surface area contributed by atoms with Gasteiger partial charge in [0.1, 0.15) is 6.10 Å². The lowest BCUT2D eigenvalue weighted by Crippen LogP contribution is -2.45. The van der Waals surface area contributed by atoms with E-state index in [4.69, 9.17) is 4.74 Å². The van der Waals surface area contributed by atoms with E-state index in [1.54, 1.807) is 6.33 Å². The second-order valence-corrected chi connectivity index (χ2v) is 6.77. The van der Waals surface area contributed by atoms with Crippen molar-refractivity contribution >= 4 is 0 Å². The van der Waals surface area contributed by atoms with Crippen LogP contribution in [0.4, 0.5) is 13.2 Å². The number of imidazole rings is 1. The SMILES string of the molecule is Cn1cncc1[C@@H]1C[C@@H](NC2CCC(C(F)(F)F)CC2)CCO1. The van der Waals surface area contributed by atoms with E-state index in [1.165, 1.54) is 0 Å². The zero-order valence-corrected chi connectivity index (χ0v) is 13.4. The Kier molecular flexibility index (Phi) is 4.96. The fourth-order valence-corrected chi connectivity index (χ4v) is 3.75. The Labute approximate surface area is 134 Å². The van der Waals surface area contributed by atoms with Crippen molar-refractivity contribution in [2.75, 3.05) is 6.61 Å². The summed E-state index contributed by atoms with van der Waals surface area (Å²) in [5.74, 6) is -1.11. The Morgan fingerprint density at radius 3 is 2.52 bits per heavy atom. The summed E-state index contributed by atoms with van der Waals surface area (Å²) >= 11 is 0. The highest BCUT2D eigenvalue weighted by Crippen LogP contribution is 2.38. The summed E-state index contributed by atoms with van der Waals surface area (Å²) in [4.78, 5) is 4.12. The number of alkyl halides is 3. The first-order valence-electron chi connectivity index (χ1n) is 8.34. The molecule has 4 nitrogen and oxygen atoms in total. The van der Waals surface area contributed by atoms with Crippen LogP contribution in [0.1, 0.15) is 50.3 Å². The summed E-state index contributed by atoms with van der Waals surface area (Å²) in [6, 6.07) is 0.500. The lowest BCUT2D eigenvalue weighted by Gasteiger charge is -2.36. The van der Waals surface area contributed by atoms with Crippen molar-refractivity contribution in [1.82, 2.24) is 14.9 Å². The van der Waals surface area contributed by atoms with Crippen LogP contribution in [0.3, 0.4) is 0 Å². The van der Waals surface area contributed by atoms with Crippen molar-refractivity contribution in [3.8, 4) is 0 Å². The minimum absolute atomic E-state index is 0.0141. The first-order valence-corrected chi connectivity index (χ1v) is 8.34. The van der Waals surface area contributed by atoms with Crippen molar-refractivity contribution in [2.45, 2.75) is 62.9 Å². The van der Waals surface area contributed by atoms with Crippen molar-refractivity contribution in [3.05, 3.63) is 18.2 Å². The molecule has 7 heteroatoms. The Bertz CT molecular complexity index is 509. The molecule has 0 aromatic carbocycles. The maximum absolute atomic E-state index is 12.7. The lowest BCUT2D eigenvalue weighted by atomic mass is 9.85. The van der Waals surface area contributed by atoms with Crippen LogP contribution < -0.4 is 5.32 Å². The Hall–Kier alpha value is -1.08. The molecular weight excluding hydrogens is 307 g/mol. The number of aromatic nitrogens is 2. The largest absolute Gasteiger partial charge is 0.391 e. The lowest BCUT2D eigenvalue weighted by molar-refractivity contribution is -0.182. The number of nitrogens with one attached hydrogen (secondary N) is 1. The fourth-order valence-electron chi connectivity index (χ4n) is 3.75. The molecule has 1 saturated carbocycles. The minimum Gasteiger partial charge on any atom is -0.372 e. The Morgan fingerprint density at radius 1 is 1.17 bits per heavy atom. The first-order chi connectivity index (χ1) is 10.9. The average Bonchev–Trinajstić information content (AvgIpc) is 2.93. The van der Waals surface area contributed by atoms with Gasteiger partial charge in [0, 0.05) is 25.7 Å².